The van der Waals surface area contributed by atoms with E-state index in [0.717, 1.165) is 24.1 Å². The maximum Gasteiger partial charge on any atom is 0.335 e. The molecule has 0 spiro atoms. The molecule has 0 saturated carbocycles. The third-order valence-electron chi connectivity index (χ3n) is 6.55. The van der Waals surface area contributed by atoms with Gasteiger partial charge < -0.3 is 14.2 Å². The van der Waals surface area contributed by atoms with Gasteiger partial charge in [0.05, 0.1) is 15.9 Å². The van der Waals surface area contributed by atoms with E-state index in [1.165, 1.54) is 6.08 Å². The average Bonchev–Trinajstić information content (AvgIpc) is 3.00. The number of rotatable bonds is 10. The van der Waals surface area contributed by atoms with Crippen LogP contribution in [0, 0.1) is 3.57 Å². The van der Waals surface area contributed by atoms with Crippen LogP contribution in [0.3, 0.4) is 0 Å². The summed E-state index contributed by atoms with van der Waals surface area (Å²) < 4.78 is 19.4. The molecular formula is C33H24BrCl2IN2O6. The molecule has 1 heterocycles. The van der Waals surface area contributed by atoms with E-state index in [4.69, 9.17) is 37.4 Å². The molecule has 4 amide bonds. The van der Waals surface area contributed by atoms with Crippen molar-refractivity contribution in [1.29, 1.82) is 0 Å². The minimum absolute atomic E-state index is 0.191. The van der Waals surface area contributed by atoms with Crippen LogP contribution in [-0.4, -0.2) is 24.5 Å². The molecule has 45 heavy (non-hydrogen) atoms. The van der Waals surface area contributed by atoms with E-state index in [9.17, 15) is 14.4 Å². The monoisotopic (exact) mass is 820 g/mol. The average molecular weight is 822 g/mol. The summed E-state index contributed by atoms with van der Waals surface area (Å²) in [5.74, 6) is -0.0831. The number of halogens is 4. The van der Waals surface area contributed by atoms with E-state index < -0.39 is 17.8 Å². The molecule has 1 saturated heterocycles. The first-order valence-electron chi connectivity index (χ1n) is 13.5. The van der Waals surface area contributed by atoms with Crippen LogP contribution in [0.25, 0.3) is 6.08 Å². The van der Waals surface area contributed by atoms with E-state index in [1.54, 1.807) is 54.6 Å². The third-order valence-corrected chi connectivity index (χ3v) is 8.46. The molecule has 0 aliphatic carbocycles. The zero-order valence-corrected chi connectivity index (χ0v) is 28.9. The summed E-state index contributed by atoms with van der Waals surface area (Å²) in [5, 5.41) is 3.25. The van der Waals surface area contributed by atoms with Crippen LogP contribution < -0.4 is 24.4 Å². The van der Waals surface area contributed by atoms with Gasteiger partial charge in [0.1, 0.15) is 24.5 Å². The van der Waals surface area contributed by atoms with Gasteiger partial charge in [0.15, 0.2) is 11.5 Å². The topological polar surface area (TPSA) is 94.2 Å². The number of anilines is 1. The largest absolute Gasteiger partial charge is 0.490 e. The predicted molar refractivity (Wildman–Crippen MR) is 185 cm³/mol. The zero-order valence-electron chi connectivity index (χ0n) is 23.6. The summed E-state index contributed by atoms with van der Waals surface area (Å²) in [6.45, 7) is 2.73. The van der Waals surface area contributed by atoms with Crippen molar-refractivity contribution >= 4 is 91.3 Å². The molecule has 1 aliphatic heterocycles. The molecule has 0 bridgehead atoms. The van der Waals surface area contributed by atoms with E-state index >= 15 is 0 Å². The van der Waals surface area contributed by atoms with E-state index in [0.29, 0.717) is 46.1 Å². The number of imide groups is 2. The number of carbonyl (C=O) groups excluding carboxylic acids is 3. The highest BCUT2D eigenvalue weighted by molar-refractivity contribution is 14.1. The summed E-state index contributed by atoms with van der Waals surface area (Å²) in [4.78, 5) is 40.0. The van der Waals surface area contributed by atoms with E-state index in [2.05, 4.69) is 43.8 Å². The van der Waals surface area contributed by atoms with Gasteiger partial charge in [-0.2, -0.15) is 0 Å². The van der Waals surface area contributed by atoms with Gasteiger partial charge in [-0.15, -0.1) is 0 Å². The molecule has 5 rings (SSSR count). The molecule has 0 unspecified atom stereocenters. The zero-order chi connectivity index (χ0) is 32.1. The highest BCUT2D eigenvalue weighted by Gasteiger charge is 2.37. The van der Waals surface area contributed by atoms with Crippen molar-refractivity contribution in [3.8, 4) is 17.2 Å². The van der Waals surface area contributed by atoms with E-state index in [-0.39, 0.29) is 17.9 Å². The second kappa shape index (κ2) is 14.7. The first-order valence-corrected chi connectivity index (χ1v) is 16.2. The number of barbiturate groups is 1. The summed E-state index contributed by atoms with van der Waals surface area (Å²) in [7, 11) is 0. The lowest BCUT2D eigenvalue weighted by Crippen LogP contribution is -2.54. The summed E-state index contributed by atoms with van der Waals surface area (Å²) in [6.07, 6.45) is 1.42. The van der Waals surface area contributed by atoms with Gasteiger partial charge in [0.2, 0.25) is 0 Å². The number of hydrogen-bond acceptors (Lipinski definition) is 6. The van der Waals surface area contributed by atoms with Gasteiger partial charge in [-0.05, 0) is 107 Å². The molecule has 4 aromatic rings. The van der Waals surface area contributed by atoms with Crippen LogP contribution in [0.4, 0.5) is 10.5 Å². The standard InChI is InChI=1S/C33H24BrCl2IN2O6/c1-2-43-29-15-20(14-28(37)30(29)45-17-19-3-6-22(34)7-4-19)13-26-31(40)38-33(42)39(32(26)41)24-9-11-25(12-10-24)44-18-21-5-8-23(35)16-27(21)36/h3-16H,2,17-18H2,1H3,(H,38,40,42)/b26-13+. The predicted octanol–water partition coefficient (Wildman–Crippen LogP) is 8.58. The Morgan fingerprint density at radius 1 is 0.889 bits per heavy atom. The van der Waals surface area contributed by atoms with Crippen molar-refractivity contribution < 1.29 is 28.6 Å². The first kappa shape index (κ1) is 32.8. The number of nitrogens with zero attached hydrogens (tertiary/aromatic N) is 1. The minimum Gasteiger partial charge on any atom is -0.490 e. The number of urea groups is 1. The van der Waals surface area contributed by atoms with Gasteiger partial charge in [-0.25, -0.2) is 9.69 Å². The molecular weight excluding hydrogens is 798 g/mol. The quantitative estimate of drug-likeness (QED) is 0.0980. The molecule has 0 atom stereocenters. The number of amides is 4. The number of carbonyl (C=O) groups is 3. The van der Waals surface area contributed by atoms with Gasteiger partial charge >= 0.3 is 6.03 Å². The molecule has 230 valence electrons. The Bertz CT molecular complexity index is 1800. The Labute approximate surface area is 291 Å². The lowest BCUT2D eigenvalue weighted by molar-refractivity contribution is -0.122. The fourth-order valence-electron chi connectivity index (χ4n) is 4.36. The fourth-order valence-corrected chi connectivity index (χ4v) is 5.87. The van der Waals surface area contributed by atoms with E-state index in [1.807, 2.05) is 31.2 Å². The Morgan fingerprint density at radius 2 is 1.62 bits per heavy atom. The molecule has 8 nitrogen and oxygen atoms in total. The molecule has 0 radical (unpaired) electrons. The number of hydrogen-bond donors (Lipinski definition) is 1. The van der Waals surface area contributed by atoms with Crippen LogP contribution in [0.2, 0.25) is 10.0 Å². The van der Waals surface area contributed by atoms with Gasteiger partial charge in [0, 0.05) is 20.1 Å². The molecule has 0 aromatic heterocycles. The molecule has 1 fully saturated rings. The Morgan fingerprint density at radius 3 is 2.31 bits per heavy atom. The lowest BCUT2D eigenvalue weighted by atomic mass is 10.1. The normalized spacial score (nSPS) is 14.0. The maximum absolute atomic E-state index is 13.5. The van der Waals surface area contributed by atoms with Crippen LogP contribution in [-0.2, 0) is 22.8 Å². The van der Waals surface area contributed by atoms with Crippen LogP contribution >= 0.6 is 61.7 Å². The van der Waals surface area contributed by atoms with Crippen molar-refractivity contribution in [3.05, 3.63) is 119 Å². The number of benzene rings is 4. The molecule has 12 heteroatoms. The van der Waals surface area contributed by atoms with Crippen LogP contribution in [0.1, 0.15) is 23.6 Å². The lowest BCUT2D eigenvalue weighted by Gasteiger charge is -2.26. The summed E-state index contributed by atoms with van der Waals surface area (Å²) in [5.41, 5.74) is 2.29. The van der Waals surface area contributed by atoms with Gasteiger partial charge in [-0.3, -0.25) is 14.9 Å². The van der Waals surface area contributed by atoms with Crippen molar-refractivity contribution in [2.75, 3.05) is 11.5 Å². The molecule has 1 N–H and O–H groups in total. The maximum atomic E-state index is 13.5. The first-order chi connectivity index (χ1) is 21.6. The van der Waals surface area contributed by atoms with Crippen molar-refractivity contribution in [2.45, 2.75) is 20.1 Å². The molecule has 4 aromatic carbocycles. The Kier molecular flexibility index (Phi) is 10.7. The minimum atomic E-state index is -0.856. The second-order valence-corrected chi connectivity index (χ2v) is 12.6. The number of nitrogens with one attached hydrogen (secondary N) is 1. The van der Waals surface area contributed by atoms with Gasteiger partial charge in [0.25, 0.3) is 11.8 Å². The molecule has 1 aliphatic rings. The summed E-state index contributed by atoms with van der Waals surface area (Å²) >= 11 is 17.7. The van der Waals surface area contributed by atoms with Crippen molar-refractivity contribution in [3.63, 3.8) is 0 Å². The Balaban J connectivity index is 1.35. The van der Waals surface area contributed by atoms with Crippen LogP contribution in [0.5, 0.6) is 17.2 Å². The highest BCUT2D eigenvalue weighted by Crippen LogP contribution is 2.36. The third kappa shape index (κ3) is 7.99. The van der Waals surface area contributed by atoms with Crippen molar-refractivity contribution in [2.24, 2.45) is 0 Å². The SMILES string of the molecule is CCOc1cc(/C=C2\C(=O)NC(=O)N(c3ccc(OCc4ccc(Cl)cc4Cl)cc3)C2=O)cc(I)c1OCc1ccc(Br)cc1. The van der Waals surface area contributed by atoms with Crippen LogP contribution in [0.15, 0.2) is 88.9 Å². The fraction of sp³-hybridized carbons (Fsp3) is 0.121. The second-order valence-electron chi connectivity index (χ2n) is 9.65. The van der Waals surface area contributed by atoms with Crippen molar-refractivity contribution in [1.82, 2.24) is 5.32 Å². The highest BCUT2D eigenvalue weighted by atomic mass is 127. The summed E-state index contributed by atoms with van der Waals surface area (Å²) in [6, 6.07) is 21.8. The van der Waals surface area contributed by atoms with Gasteiger partial charge in [-0.1, -0.05) is 57.3 Å². The smallest absolute Gasteiger partial charge is 0.335 e. The number of ether oxygens (including phenoxy) is 3. The Hall–Kier alpha value is -3.58.